The summed E-state index contributed by atoms with van der Waals surface area (Å²) in [6, 6.07) is 6.97. The predicted molar refractivity (Wildman–Crippen MR) is 98.9 cm³/mol. The number of carbonyl (C=O) groups is 1. The molecule has 0 saturated heterocycles. The molecule has 0 N–H and O–H groups in total. The molecule has 2 heterocycles. The maximum absolute atomic E-state index is 12.9. The van der Waals surface area contributed by atoms with Crippen molar-refractivity contribution in [2.45, 2.75) is 39.2 Å². The first-order valence-electron chi connectivity index (χ1n) is 8.38. The van der Waals surface area contributed by atoms with E-state index in [9.17, 15) is 9.59 Å². The Kier molecular flexibility index (Phi) is 5.50. The molecule has 0 saturated carbocycles. The van der Waals surface area contributed by atoms with Crippen molar-refractivity contribution >= 4 is 29.2 Å². The fourth-order valence-electron chi connectivity index (χ4n) is 3.21. The van der Waals surface area contributed by atoms with Crippen LogP contribution in [0, 0.1) is 0 Å². The number of fused-ring (bicyclic) bond motifs is 1. The molecule has 1 aliphatic rings. The predicted octanol–water partition coefficient (Wildman–Crippen LogP) is 4.26. The molecule has 0 unspecified atom stereocenters. The zero-order valence-electron chi connectivity index (χ0n) is 14.0. The van der Waals surface area contributed by atoms with Gasteiger partial charge in [0.1, 0.15) is 0 Å². The highest BCUT2D eigenvalue weighted by atomic mass is 35.5. The Morgan fingerprint density at radius 3 is 2.72 bits per heavy atom. The van der Waals surface area contributed by atoms with Crippen LogP contribution in [-0.2, 0) is 24.1 Å². The molecule has 0 bridgehead atoms. The highest BCUT2D eigenvalue weighted by molar-refractivity contribution is 6.42. The minimum Gasteiger partial charge on any atom is -0.462 e. The van der Waals surface area contributed by atoms with E-state index in [1.54, 1.807) is 29.7 Å². The van der Waals surface area contributed by atoms with Crippen LogP contribution in [0.5, 0.6) is 0 Å². The lowest BCUT2D eigenvalue weighted by Crippen LogP contribution is -2.32. The van der Waals surface area contributed by atoms with E-state index in [1.807, 2.05) is 6.07 Å². The summed E-state index contributed by atoms with van der Waals surface area (Å²) in [5.41, 5.74) is 2.67. The average molecular weight is 380 g/mol. The Balaban J connectivity index is 2.06. The molecule has 0 amide bonds. The summed E-state index contributed by atoms with van der Waals surface area (Å²) >= 11 is 12.0. The molecule has 3 rings (SSSR count). The number of benzene rings is 1. The summed E-state index contributed by atoms with van der Waals surface area (Å²) in [4.78, 5) is 25.2. The van der Waals surface area contributed by atoms with Crippen LogP contribution < -0.4 is 5.56 Å². The van der Waals surface area contributed by atoms with Gasteiger partial charge < -0.3 is 9.30 Å². The van der Waals surface area contributed by atoms with E-state index in [2.05, 4.69) is 0 Å². The highest BCUT2D eigenvalue weighted by Gasteiger charge is 2.22. The molecule has 1 aromatic heterocycles. The number of ether oxygens (including phenoxy) is 1. The second-order valence-electron chi connectivity index (χ2n) is 6.09. The van der Waals surface area contributed by atoms with Crippen LogP contribution in [0.1, 0.15) is 46.9 Å². The van der Waals surface area contributed by atoms with Crippen LogP contribution in [0.15, 0.2) is 29.1 Å². The Morgan fingerprint density at radius 1 is 1.20 bits per heavy atom. The Hall–Kier alpha value is -1.78. The highest BCUT2D eigenvalue weighted by Crippen LogP contribution is 2.24. The number of rotatable bonds is 4. The summed E-state index contributed by atoms with van der Waals surface area (Å²) in [5.74, 6) is -0.372. The van der Waals surface area contributed by atoms with Gasteiger partial charge in [0.05, 0.1) is 22.2 Å². The number of pyridine rings is 1. The van der Waals surface area contributed by atoms with E-state index in [-0.39, 0.29) is 11.5 Å². The van der Waals surface area contributed by atoms with Crippen molar-refractivity contribution in [3.63, 3.8) is 0 Å². The van der Waals surface area contributed by atoms with Crippen molar-refractivity contribution in [1.29, 1.82) is 0 Å². The van der Waals surface area contributed by atoms with E-state index in [0.717, 1.165) is 30.5 Å². The largest absolute Gasteiger partial charge is 0.462 e. The SMILES string of the molecule is CCOC(=O)c1cc(Cc2ccc(Cl)c(Cl)c2)c(=O)n2c1CCCC2. The number of hydrogen-bond acceptors (Lipinski definition) is 3. The molecular formula is C19H19Cl2NO3. The van der Waals surface area contributed by atoms with Crippen LogP contribution in [0.2, 0.25) is 10.0 Å². The third kappa shape index (κ3) is 3.75. The lowest BCUT2D eigenvalue weighted by Gasteiger charge is -2.22. The first-order valence-corrected chi connectivity index (χ1v) is 9.13. The van der Waals surface area contributed by atoms with Gasteiger partial charge in [-0.1, -0.05) is 29.3 Å². The number of nitrogens with zero attached hydrogens (tertiary/aromatic N) is 1. The van der Waals surface area contributed by atoms with Crippen LogP contribution in [0.25, 0.3) is 0 Å². The molecule has 2 aromatic rings. The van der Waals surface area contributed by atoms with Crippen LogP contribution >= 0.6 is 23.2 Å². The monoisotopic (exact) mass is 379 g/mol. The average Bonchev–Trinajstić information content (AvgIpc) is 2.61. The summed E-state index contributed by atoms with van der Waals surface area (Å²) < 4.78 is 6.91. The maximum atomic E-state index is 12.9. The normalized spacial score (nSPS) is 13.4. The topological polar surface area (TPSA) is 48.3 Å². The number of carbonyl (C=O) groups excluding carboxylic acids is 1. The van der Waals surface area contributed by atoms with Gasteiger partial charge >= 0.3 is 5.97 Å². The fraction of sp³-hybridized carbons (Fsp3) is 0.368. The van der Waals surface area contributed by atoms with Gasteiger partial charge in [0, 0.05) is 24.2 Å². The van der Waals surface area contributed by atoms with Gasteiger partial charge in [0.2, 0.25) is 0 Å². The molecule has 0 aliphatic carbocycles. The van der Waals surface area contributed by atoms with Gasteiger partial charge in [-0.05, 0) is 49.9 Å². The van der Waals surface area contributed by atoms with E-state index in [1.165, 1.54) is 0 Å². The van der Waals surface area contributed by atoms with Gasteiger partial charge in [-0.3, -0.25) is 4.79 Å². The maximum Gasteiger partial charge on any atom is 0.339 e. The Bertz CT molecular complexity index is 874. The molecule has 25 heavy (non-hydrogen) atoms. The first kappa shape index (κ1) is 18.0. The molecule has 0 radical (unpaired) electrons. The Morgan fingerprint density at radius 2 is 2.00 bits per heavy atom. The van der Waals surface area contributed by atoms with Crippen molar-refractivity contribution in [3.05, 3.63) is 67.0 Å². The van der Waals surface area contributed by atoms with E-state index < -0.39 is 0 Å². The van der Waals surface area contributed by atoms with E-state index >= 15 is 0 Å². The standard InChI is InChI=1S/C19H19Cl2NO3/c1-2-25-19(24)14-11-13(9-12-6-7-15(20)16(21)10-12)18(23)22-8-4-3-5-17(14)22/h6-7,10-11H,2-5,8-9H2,1H3. The van der Waals surface area contributed by atoms with Crippen molar-refractivity contribution in [2.24, 2.45) is 0 Å². The third-order valence-electron chi connectivity index (χ3n) is 4.39. The van der Waals surface area contributed by atoms with Crippen molar-refractivity contribution in [1.82, 2.24) is 4.57 Å². The fourth-order valence-corrected chi connectivity index (χ4v) is 3.53. The van der Waals surface area contributed by atoms with Crippen molar-refractivity contribution in [2.75, 3.05) is 6.61 Å². The smallest absolute Gasteiger partial charge is 0.339 e. The molecule has 6 heteroatoms. The molecule has 1 aromatic carbocycles. The van der Waals surface area contributed by atoms with Gasteiger partial charge in [-0.2, -0.15) is 0 Å². The summed E-state index contributed by atoms with van der Waals surface area (Å²) in [7, 11) is 0. The van der Waals surface area contributed by atoms with E-state index in [4.69, 9.17) is 27.9 Å². The second kappa shape index (κ2) is 7.63. The second-order valence-corrected chi connectivity index (χ2v) is 6.90. The summed E-state index contributed by atoms with van der Waals surface area (Å²) in [6.07, 6.45) is 3.02. The van der Waals surface area contributed by atoms with Gasteiger partial charge in [-0.25, -0.2) is 4.79 Å². The van der Waals surface area contributed by atoms with Crippen LogP contribution in [0.3, 0.4) is 0 Å². The van der Waals surface area contributed by atoms with Crippen molar-refractivity contribution in [3.8, 4) is 0 Å². The molecule has 0 atom stereocenters. The molecule has 132 valence electrons. The molecule has 0 spiro atoms. The van der Waals surface area contributed by atoms with Gasteiger partial charge in [0.25, 0.3) is 5.56 Å². The quantitative estimate of drug-likeness (QED) is 0.745. The molecular weight excluding hydrogens is 361 g/mol. The summed E-state index contributed by atoms with van der Waals surface area (Å²) in [5, 5.41) is 0.919. The van der Waals surface area contributed by atoms with Crippen molar-refractivity contribution < 1.29 is 9.53 Å². The number of esters is 1. The number of aromatic nitrogens is 1. The molecule has 4 nitrogen and oxygen atoms in total. The minimum atomic E-state index is -0.372. The molecule has 1 aliphatic heterocycles. The van der Waals surface area contributed by atoms with Crippen LogP contribution in [-0.4, -0.2) is 17.1 Å². The molecule has 0 fully saturated rings. The summed E-state index contributed by atoms with van der Waals surface area (Å²) in [6.45, 7) is 2.71. The number of halogens is 2. The third-order valence-corrected chi connectivity index (χ3v) is 5.13. The van der Waals surface area contributed by atoms with E-state index in [0.29, 0.717) is 40.7 Å². The zero-order chi connectivity index (χ0) is 18.0. The first-order chi connectivity index (χ1) is 12.0. The van der Waals surface area contributed by atoms with Gasteiger partial charge in [-0.15, -0.1) is 0 Å². The lowest BCUT2D eigenvalue weighted by molar-refractivity contribution is 0.0523. The Labute approximate surface area is 156 Å². The lowest BCUT2D eigenvalue weighted by atomic mass is 9.98. The van der Waals surface area contributed by atoms with Crippen LogP contribution in [0.4, 0.5) is 0 Å². The van der Waals surface area contributed by atoms with Gasteiger partial charge in [0.15, 0.2) is 0 Å². The minimum absolute atomic E-state index is 0.0474. The zero-order valence-corrected chi connectivity index (χ0v) is 15.5. The number of hydrogen-bond donors (Lipinski definition) is 0.